The largest absolute Gasteiger partial charge is 0.310 e. The molecule has 2 heteroatoms. The summed E-state index contributed by atoms with van der Waals surface area (Å²) in [5.41, 5.74) is 14.1. The Morgan fingerprint density at radius 1 is 0.242 bits per heavy atom. The number of aromatic nitrogens is 1. The Labute approximate surface area is 383 Å². The molecule has 0 saturated carbocycles. The number of fused-ring (bicyclic) bond motifs is 9. The molecule has 13 rings (SSSR count). The van der Waals surface area contributed by atoms with Crippen LogP contribution in [0.25, 0.3) is 104 Å². The van der Waals surface area contributed by atoms with Gasteiger partial charge in [-0.15, -0.1) is 0 Å². The molecule has 1 aromatic heterocycles. The van der Waals surface area contributed by atoms with Crippen molar-refractivity contribution in [3.05, 3.63) is 255 Å². The van der Waals surface area contributed by atoms with E-state index in [4.69, 9.17) is 0 Å². The summed E-state index contributed by atoms with van der Waals surface area (Å²) in [7, 11) is 0. The fraction of sp³-hybridized carbons (Fsp3) is 0. The van der Waals surface area contributed by atoms with Gasteiger partial charge >= 0.3 is 0 Å². The van der Waals surface area contributed by atoms with E-state index in [0.717, 1.165) is 22.7 Å². The second kappa shape index (κ2) is 15.5. The molecule has 0 saturated heterocycles. The summed E-state index contributed by atoms with van der Waals surface area (Å²) >= 11 is 0. The van der Waals surface area contributed by atoms with E-state index >= 15 is 0 Å². The van der Waals surface area contributed by atoms with Gasteiger partial charge < -0.3 is 9.47 Å². The van der Waals surface area contributed by atoms with Gasteiger partial charge in [0.25, 0.3) is 0 Å². The molecule has 0 bridgehead atoms. The van der Waals surface area contributed by atoms with Gasteiger partial charge in [-0.05, 0) is 143 Å². The maximum absolute atomic E-state index is 2.43. The van der Waals surface area contributed by atoms with Crippen LogP contribution in [0.2, 0.25) is 0 Å². The SMILES string of the molecule is c1ccc(-c2c(-c3ccccc3)c3cc(N(c4ccc(-c5ccc6c(c5)c5ccccc5n6-c5ccccc5)cc4)c4ccc5c(ccc6ccccc65)c4)ccc3c3ccccc23)cc1. The van der Waals surface area contributed by atoms with Gasteiger partial charge in [-0.3, -0.25) is 0 Å². The fourth-order valence-electron chi connectivity index (χ4n) is 10.5. The molecular formula is C64H42N2. The minimum atomic E-state index is 1.09. The molecule has 1 heterocycles. The lowest BCUT2D eigenvalue weighted by atomic mass is 9.85. The zero-order valence-corrected chi connectivity index (χ0v) is 36.1. The summed E-state index contributed by atoms with van der Waals surface area (Å²) in [4.78, 5) is 2.43. The number of nitrogens with zero attached hydrogens (tertiary/aromatic N) is 2. The van der Waals surface area contributed by atoms with Crippen molar-refractivity contribution in [1.29, 1.82) is 0 Å². The van der Waals surface area contributed by atoms with Crippen LogP contribution in [0.1, 0.15) is 0 Å². The molecule has 0 atom stereocenters. The lowest BCUT2D eigenvalue weighted by Gasteiger charge is -2.27. The van der Waals surface area contributed by atoms with Gasteiger partial charge in [0.1, 0.15) is 0 Å². The summed E-state index contributed by atoms with van der Waals surface area (Å²) in [6, 6.07) is 93.3. The van der Waals surface area contributed by atoms with Crippen molar-refractivity contribution in [1.82, 2.24) is 4.57 Å². The third-order valence-electron chi connectivity index (χ3n) is 13.5. The van der Waals surface area contributed by atoms with Crippen LogP contribution < -0.4 is 4.90 Å². The van der Waals surface area contributed by atoms with Gasteiger partial charge in [-0.2, -0.15) is 0 Å². The first-order chi connectivity index (χ1) is 32.7. The topological polar surface area (TPSA) is 8.17 Å². The van der Waals surface area contributed by atoms with E-state index in [9.17, 15) is 0 Å². The minimum Gasteiger partial charge on any atom is -0.310 e. The third-order valence-corrected chi connectivity index (χ3v) is 13.5. The first-order valence-corrected chi connectivity index (χ1v) is 22.8. The Hall–Kier alpha value is -8.72. The zero-order valence-electron chi connectivity index (χ0n) is 36.1. The van der Waals surface area contributed by atoms with Crippen molar-refractivity contribution in [2.24, 2.45) is 0 Å². The quantitative estimate of drug-likeness (QED) is 0.145. The van der Waals surface area contributed by atoms with Crippen molar-refractivity contribution in [2.75, 3.05) is 4.90 Å². The molecule has 0 N–H and O–H groups in total. The molecule has 0 aliphatic heterocycles. The molecule has 0 spiro atoms. The lowest BCUT2D eigenvalue weighted by molar-refractivity contribution is 1.18. The number of hydrogen-bond acceptors (Lipinski definition) is 1. The molecule has 0 amide bonds. The van der Waals surface area contributed by atoms with E-state index in [-0.39, 0.29) is 0 Å². The third kappa shape index (κ3) is 6.18. The summed E-state index contributed by atoms with van der Waals surface area (Å²) in [5, 5.41) is 12.4. The van der Waals surface area contributed by atoms with Crippen LogP contribution in [-0.4, -0.2) is 4.57 Å². The van der Waals surface area contributed by atoms with Crippen molar-refractivity contribution < 1.29 is 0 Å². The number of para-hydroxylation sites is 2. The Balaban J connectivity index is 1.01. The summed E-state index contributed by atoms with van der Waals surface area (Å²) in [5.74, 6) is 0. The molecular weight excluding hydrogens is 797 g/mol. The summed E-state index contributed by atoms with van der Waals surface area (Å²) in [6.07, 6.45) is 0. The van der Waals surface area contributed by atoms with Crippen molar-refractivity contribution >= 4 is 82.0 Å². The number of hydrogen-bond donors (Lipinski definition) is 0. The minimum absolute atomic E-state index is 1.09. The highest BCUT2D eigenvalue weighted by molar-refractivity contribution is 6.22. The normalized spacial score (nSPS) is 11.6. The zero-order chi connectivity index (χ0) is 43.6. The second-order valence-electron chi connectivity index (χ2n) is 17.3. The van der Waals surface area contributed by atoms with E-state index in [0.29, 0.717) is 0 Å². The van der Waals surface area contributed by atoms with E-state index in [1.54, 1.807) is 0 Å². The number of benzene rings is 12. The first kappa shape index (κ1) is 37.8. The average molecular weight is 839 g/mol. The second-order valence-corrected chi connectivity index (χ2v) is 17.3. The van der Waals surface area contributed by atoms with Crippen LogP contribution in [0.3, 0.4) is 0 Å². The molecule has 66 heavy (non-hydrogen) atoms. The molecule has 13 aromatic rings. The van der Waals surface area contributed by atoms with Crippen molar-refractivity contribution in [3.63, 3.8) is 0 Å². The maximum atomic E-state index is 2.43. The standard InChI is InChI=1S/C64H42N2/c1-4-17-45(18-5-1)63-58-26-13-12-24-55(58)56-38-36-52(42-60(56)64(63)46-19-6-2-7-20-46)65(51-35-37-54-48(40-51)29-28-44-16-10-11-23-53(44)54)50-33-30-43(31-34-50)47-32-39-62-59(41-47)57-25-14-15-27-61(57)66(62)49-21-8-3-9-22-49/h1-42H. The highest BCUT2D eigenvalue weighted by atomic mass is 15.1. The predicted octanol–water partition coefficient (Wildman–Crippen LogP) is 17.9. The lowest BCUT2D eigenvalue weighted by Crippen LogP contribution is -2.10. The van der Waals surface area contributed by atoms with Crippen LogP contribution >= 0.6 is 0 Å². The maximum Gasteiger partial charge on any atom is 0.0541 e. The highest BCUT2D eigenvalue weighted by Crippen LogP contribution is 2.47. The van der Waals surface area contributed by atoms with Crippen molar-refractivity contribution in [2.45, 2.75) is 0 Å². The van der Waals surface area contributed by atoms with Gasteiger partial charge in [0.05, 0.1) is 11.0 Å². The van der Waals surface area contributed by atoms with Crippen LogP contribution in [0.5, 0.6) is 0 Å². The molecule has 0 fully saturated rings. The van der Waals surface area contributed by atoms with Gasteiger partial charge in [-0.25, -0.2) is 0 Å². The van der Waals surface area contributed by atoms with Gasteiger partial charge in [0.2, 0.25) is 0 Å². The fourth-order valence-corrected chi connectivity index (χ4v) is 10.5. The van der Waals surface area contributed by atoms with Crippen LogP contribution in [-0.2, 0) is 0 Å². The van der Waals surface area contributed by atoms with E-state index in [1.165, 1.54) is 98.3 Å². The molecule has 0 unspecified atom stereocenters. The smallest absolute Gasteiger partial charge is 0.0541 e. The van der Waals surface area contributed by atoms with Gasteiger partial charge in [0, 0.05) is 33.5 Å². The monoisotopic (exact) mass is 838 g/mol. The molecule has 0 radical (unpaired) electrons. The number of anilines is 3. The highest BCUT2D eigenvalue weighted by Gasteiger charge is 2.21. The predicted molar refractivity (Wildman–Crippen MR) is 282 cm³/mol. The van der Waals surface area contributed by atoms with Gasteiger partial charge in [0.15, 0.2) is 0 Å². The van der Waals surface area contributed by atoms with E-state index in [1.807, 2.05) is 0 Å². The Bertz CT molecular complexity index is 3960. The van der Waals surface area contributed by atoms with Crippen LogP contribution in [0.4, 0.5) is 17.1 Å². The first-order valence-electron chi connectivity index (χ1n) is 22.8. The molecule has 12 aromatic carbocycles. The van der Waals surface area contributed by atoms with Crippen LogP contribution in [0, 0.1) is 0 Å². The molecule has 0 aliphatic rings. The Morgan fingerprint density at radius 2 is 0.742 bits per heavy atom. The van der Waals surface area contributed by atoms with Crippen LogP contribution in [0.15, 0.2) is 255 Å². The molecule has 0 aliphatic carbocycles. The number of rotatable bonds is 7. The van der Waals surface area contributed by atoms with E-state index < -0.39 is 0 Å². The Kier molecular flexibility index (Phi) is 8.89. The van der Waals surface area contributed by atoms with Crippen molar-refractivity contribution in [3.8, 4) is 39.1 Å². The molecule has 2 nitrogen and oxygen atoms in total. The summed E-state index contributed by atoms with van der Waals surface area (Å²) in [6.45, 7) is 0. The Morgan fingerprint density at radius 3 is 1.48 bits per heavy atom. The summed E-state index contributed by atoms with van der Waals surface area (Å²) < 4.78 is 2.38. The average Bonchev–Trinajstić information content (AvgIpc) is 3.73. The molecule has 308 valence electrons. The van der Waals surface area contributed by atoms with Gasteiger partial charge in [-0.1, -0.05) is 188 Å². The van der Waals surface area contributed by atoms with E-state index in [2.05, 4.69) is 264 Å².